The van der Waals surface area contributed by atoms with Gasteiger partial charge in [-0.3, -0.25) is 4.98 Å². The van der Waals surface area contributed by atoms with Crippen LogP contribution in [0.3, 0.4) is 0 Å². The fourth-order valence-corrected chi connectivity index (χ4v) is 1.64. The van der Waals surface area contributed by atoms with Crippen molar-refractivity contribution in [1.82, 2.24) is 9.29 Å². The summed E-state index contributed by atoms with van der Waals surface area (Å²) >= 11 is 0. The molecule has 0 bridgehead atoms. The fraction of sp³-hybridized carbons (Fsp3) is 0.286. The lowest BCUT2D eigenvalue weighted by Crippen LogP contribution is -2.22. The van der Waals surface area contributed by atoms with Gasteiger partial charge < -0.3 is 5.11 Å². The van der Waals surface area contributed by atoms with Crippen LogP contribution in [0.2, 0.25) is 0 Å². The number of hydrogen-bond donors (Lipinski definition) is 1. The van der Waals surface area contributed by atoms with Crippen molar-refractivity contribution in [2.24, 2.45) is 0 Å². The van der Waals surface area contributed by atoms with Crippen LogP contribution >= 0.6 is 0 Å². The molecule has 0 aliphatic heterocycles. The van der Waals surface area contributed by atoms with E-state index < -0.39 is 10.0 Å². The van der Waals surface area contributed by atoms with E-state index >= 15 is 0 Å². The lowest BCUT2D eigenvalue weighted by atomic mass is 10.5. The fourth-order valence-electron chi connectivity index (χ4n) is 0.759. The molecule has 6 heteroatoms. The molecule has 0 spiro atoms. The number of nitrogens with zero attached hydrogens (tertiary/aromatic N) is 2. The molecule has 0 saturated carbocycles. The molecule has 0 atom stereocenters. The van der Waals surface area contributed by atoms with E-state index in [1.165, 1.54) is 26.5 Å². The lowest BCUT2D eigenvalue weighted by molar-refractivity contribution is 0.468. The highest BCUT2D eigenvalue weighted by Gasteiger charge is 2.17. The quantitative estimate of drug-likeness (QED) is 0.735. The standard InChI is InChI=1S/C7H10N2O3S/c1-9(2)13(11,12)7-3-6(10)4-8-5-7/h3-5,10H,1-2H3. The predicted octanol–water partition coefficient (Wildman–Crippen LogP) is 0.0375. The molecule has 0 unspecified atom stereocenters. The summed E-state index contributed by atoms with van der Waals surface area (Å²) in [5.74, 6) is -0.164. The Labute approximate surface area is 76.7 Å². The Balaban J connectivity index is 3.24. The van der Waals surface area contributed by atoms with Gasteiger partial charge in [-0.25, -0.2) is 12.7 Å². The van der Waals surface area contributed by atoms with Crippen LogP contribution in [0.25, 0.3) is 0 Å². The molecular weight excluding hydrogens is 192 g/mol. The second kappa shape index (κ2) is 3.31. The number of rotatable bonds is 2. The van der Waals surface area contributed by atoms with Gasteiger partial charge in [-0.05, 0) is 0 Å². The summed E-state index contributed by atoms with van der Waals surface area (Å²) < 4.78 is 24.0. The van der Waals surface area contributed by atoms with Gasteiger partial charge in [0, 0.05) is 26.4 Å². The minimum Gasteiger partial charge on any atom is -0.506 e. The summed E-state index contributed by atoms with van der Waals surface area (Å²) in [6.45, 7) is 0. The molecule has 5 nitrogen and oxygen atoms in total. The van der Waals surface area contributed by atoms with E-state index in [1.807, 2.05) is 0 Å². The zero-order valence-electron chi connectivity index (χ0n) is 7.30. The summed E-state index contributed by atoms with van der Waals surface area (Å²) in [5.41, 5.74) is 0. The summed E-state index contributed by atoms with van der Waals surface area (Å²) in [6.07, 6.45) is 2.36. The third-order valence-corrected chi connectivity index (χ3v) is 3.26. The van der Waals surface area contributed by atoms with Gasteiger partial charge >= 0.3 is 0 Å². The first-order chi connectivity index (χ1) is 5.94. The van der Waals surface area contributed by atoms with E-state index in [9.17, 15) is 8.42 Å². The maximum atomic E-state index is 11.5. The molecule has 1 aromatic rings. The summed E-state index contributed by atoms with van der Waals surface area (Å²) in [6, 6.07) is 1.16. The van der Waals surface area contributed by atoms with E-state index in [0.29, 0.717) is 0 Å². The van der Waals surface area contributed by atoms with Crippen LogP contribution < -0.4 is 0 Å². The topological polar surface area (TPSA) is 70.5 Å². The molecule has 13 heavy (non-hydrogen) atoms. The molecule has 0 aliphatic rings. The van der Waals surface area contributed by atoms with Crippen LogP contribution in [-0.2, 0) is 10.0 Å². The molecule has 0 fully saturated rings. The van der Waals surface area contributed by atoms with Crippen LogP contribution in [-0.4, -0.2) is 36.9 Å². The van der Waals surface area contributed by atoms with Gasteiger partial charge in [0.2, 0.25) is 10.0 Å². The second-order valence-corrected chi connectivity index (χ2v) is 4.82. The largest absolute Gasteiger partial charge is 0.506 e. The lowest BCUT2D eigenvalue weighted by Gasteiger charge is -2.10. The summed E-state index contributed by atoms with van der Waals surface area (Å²) in [4.78, 5) is 3.56. The minimum atomic E-state index is -3.49. The first-order valence-electron chi connectivity index (χ1n) is 3.51. The second-order valence-electron chi connectivity index (χ2n) is 2.67. The Morgan fingerprint density at radius 1 is 1.38 bits per heavy atom. The van der Waals surface area contributed by atoms with Crippen LogP contribution in [0.1, 0.15) is 0 Å². The maximum Gasteiger partial charge on any atom is 0.244 e. The molecule has 0 radical (unpaired) electrons. The molecule has 1 N–H and O–H groups in total. The zero-order chi connectivity index (χ0) is 10.1. The summed E-state index contributed by atoms with van der Waals surface area (Å²) in [7, 11) is -0.656. The number of aromatic nitrogens is 1. The van der Waals surface area contributed by atoms with Crippen LogP contribution in [0.15, 0.2) is 23.4 Å². The van der Waals surface area contributed by atoms with Gasteiger partial charge in [0.1, 0.15) is 10.6 Å². The average Bonchev–Trinajstić information content (AvgIpc) is 2.04. The Bertz CT molecular complexity index is 400. The monoisotopic (exact) mass is 202 g/mol. The summed E-state index contributed by atoms with van der Waals surface area (Å²) in [5, 5.41) is 9.01. The third-order valence-electron chi connectivity index (χ3n) is 1.48. The van der Waals surface area contributed by atoms with Gasteiger partial charge in [-0.1, -0.05) is 0 Å². The van der Waals surface area contributed by atoms with E-state index in [1.54, 1.807) is 0 Å². The van der Waals surface area contributed by atoms with Crippen molar-refractivity contribution in [2.45, 2.75) is 4.90 Å². The Hall–Kier alpha value is -1.14. The van der Waals surface area contributed by atoms with Crippen molar-refractivity contribution < 1.29 is 13.5 Å². The number of pyridine rings is 1. The average molecular weight is 202 g/mol. The Morgan fingerprint density at radius 2 is 2.00 bits per heavy atom. The molecule has 72 valence electrons. The van der Waals surface area contributed by atoms with Crippen LogP contribution in [0.4, 0.5) is 0 Å². The minimum absolute atomic E-state index is 0.0162. The Kier molecular flexibility index (Phi) is 2.53. The van der Waals surface area contributed by atoms with Crippen molar-refractivity contribution in [3.63, 3.8) is 0 Å². The van der Waals surface area contributed by atoms with Gasteiger partial charge in [0.25, 0.3) is 0 Å². The molecule has 1 rings (SSSR count). The van der Waals surface area contributed by atoms with E-state index in [2.05, 4.69) is 4.98 Å². The normalized spacial score (nSPS) is 11.9. The molecular formula is C7H10N2O3S. The highest BCUT2D eigenvalue weighted by atomic mass is 32.2. The van der Waals surface area contributed by atoms with Gasteiger partial charge in [0.05, 0.1) is 6.20 Å². The van der Waals surface area contributed by atoms with Crippen molar-refractivity contribution in [1.29, 1.82) is 0 Å². The first kappa shape index (κ1) is 9.94. The van der Waals surface area contributed by atoms with Crippen molar-refractivity contribution in [2.75, 3.05) is 14.1 Å². The molecule has 1 aromatic heterocycles. The first-order valence-corrected chi connectivity index (χ1v) is 4.95. The van der Waals surface area contributed by atoms with Crippen LogP contribution in [0, 0.1) is 0 Å². The van der Waals surface area contributed by atoms with Gasteiger partial charge in [0.15, 0.2) is 0 Å². The molecule has 0 aliphatic carbocycles. The van der Waals surface area contributed by atoms with Crippen molar-refractivity contribution in [3.05, 3.63) is 18.5 Å². The van der Waals surface area contributed by atoms with E-state index in [0.717, 1.165) is 10.4 Å². The Morgan fingerprint density at radius 3 is 2.46 bits per heavy atom. The number of aromatic hydroxyl groups is 1. The predicted molar refractivity (Wildman–Crippen MR) is 46.8 cm³/mol. The smallest absolute Gasteiger partial charge is 0.244 e. The third kappa shape index (κ3) is 1.96. The zero-order valence-corrected chi connectivity index (χ0v) is 8.11. The maximum absolute atomic E-state index is 11.5. The molecule has 1 heterocycles. The van der Waals surface area contributed by atoms with Crippen LogP contribution in [0.5, 0.6) is 5.75 Å². The number of hydrogen-bond acceptors (Lipinski definition) is 4. The molecule has 0 saturated heterocycles. The van der Waals surface area contributed by atoms with E-state index in [-0.39, 0.29) is 10.6 Å². The molecule has 0 amide bonds. The van der Waals surface area contributed by atoms with Crippen molar-refractivity contribution >= 4 is 10.0 Å². The van der Waals surface area contributed by atoms with E-state index in [4.69, 9.17) is 5.11 Å². The highest BCUT2D eigenvalue weighted by molar-refractivity contribution is 7.89. The van der Waals surface area contributed by atoms with Gasteiger partial charge in [-0.15, -0.1) is 0 Å². The molecule has 0 aromatic carbocycles. The van der Waals surface area contributed by atoms with Gasteiger partial charge in [-0.2, -0.15) is 0 Å². The van der Waals surface area contributed by atoms with Crippen molar-refractivity contribution in [3.8, 4) is 5.75 Å². The number of sulfonamides is 1. The SMILES string of the molecule is CN(C)S(=O)(=O)c1cncc(O)c1. The highest BCUT2D eigenvalue weighted by Crippen LogP contribution is 2.16.